The normalized spacial score (nSPS) is 18.6. The Kier molecular flexibility index (Phi) is 27.3. The van der Waals surface area contributed by atoms with Crippen LogP contribution in [0.1, 0.15) is 158 Å². The molecule has 0 radical (unpaired) electrons. The lowest BCUT2D eigenvalue weighted by atomic mass is 9.72. The first-order valence-electron chi connectivity index (χ1n) is 33.2. The Morgan fingerprint density at radius 1 is 0.779 bits per heavy atom. The number of aliphatic hydroxyl groups excluding tert-OH is 1. The number of pyridine rings is 1. The number of amides is 7. The Bertz CT molecular complexity index is 3290. The number of anilines is 1. The number of aliphatic hydroxyl groups is 1. The summed E-state index contributed by atoms with van der Waals surface area (Å²) >= 11 is 0. The third kappa shape index (κ3) is 22.2. The molecular formula is C71H97N9O15. The van der Waals surface area contributed by atoms with Crippen LogP contribution >= 0.6 is 0 Å². The first-order chi connectivity index (χ1) is 45.3. The predicted molar refractivity (Wildman–Crippen MR) is 355 cm³/mol. The predicted octanol–water partition coefficient (Wildman–Crippen LogP) is 7.08. The number of nitrogens with one attached hydrogen (secondary N) is 5. The van der Waals surface area contributed by atoms with Crippen LogP contribution in [-0.2, 0) is 55.9 Å². The van der Waals surface area contributed by atoms with Gasteiger partial charge in [0.15, 0.2) is 11.5 Å². The van der Waals surface area contributed by atoms with Crippen molar-refractivity contribution >= 4 is 59.1 Å². The number of rotatable bonds is 32. The van der Waals surface area contributed by atoms with E-state index in [-0.39, 0.29) is 75.4 Å². The van der Waals surface area contributed by atoms with E-state index in [4.69, 9.17) is 29.4 Å². The molecule has 3 aliphatic rings. The Balaban J connectivity index is 0.888. The highest BCUT2D eigenvalue weighted by molar-refractivity contribution is 6.38. The second-order valence-corrected chi connectivity index (χ2v) is 26.6. The van der Waals surface area contributed by atoms with Gasteiger partial charge in [0, 0.05) is 37.0 Å². The first kappa shape index (κ1) is 73.8. The average molecular weight is 1320 g/mol. The van der Waals surface area contributed by atoms with E-state index in [1.54, 1.807) is 52.3 Å². The second kappa shape index (κ2) is 35.2. The van der Waals surface area contributed by atoms with Crippen molar-refractivity contribution in [2.24, 2.45) is 23.0 Å². The number of aromatic nitrogens is 1. The number of nitrogens with two attached hydrogens (primary N) is 1. The fraction of sp³-hybridized carbons (Fsp3) is 0.549. The number of primary amides is 1. The molecule has 0 unspecified atom stereocenters. The third-order valence-corrected chi connectivity index (χ3v) is 17.9. The minimum Gasteiger partial charge on any atom is -0.493 e. The number of piperidine rings is 2. The van der Waals surface area contributed by atoms with Crippen LogP contribution in [0.3, 0.4) is 0 Å². The van der Waals surface area contributed by atoms with E-state index in [1.165, 1.54) is 23.1 Å². The van der Waals surface area contributed by atoms with Crippen LogP contribution in [0.5, 0.6) is 17.2 Å². The molecular weight excluding hydrogens is 1220 g/mol. The summed E-state index contributed by atoms with van der Waals surface area (Å²) in [6, 6.07) is 22.2. The molecule has 0 spiro atoms. The molecule has 2 saturated heterocycles. The average Bonchev–Trinajstić information content (AvgIpc) is 0.814. The third-order valence-electron chi connectivity index (χ3n) is 17.9. The lowest BCUT2D eigenvalue weighted by Gasteiger charge is -2.47. The Morgan fingerprint density at radius 3 is 2.22 bits per heavy atom. The molecule has 1 aliphatic carbocycles. The molecule has 8 N–H and O–H groups in total. The van der Waals surface area contributed by atoms with Crippen LogP contribution in [0.2, 0.25) is 0 Å². The maximum absolute atomic E-state index is 14.2. The summed E-state index contributed by atoms with van der Waals surface area (Å²) in [5.41, 5.74) is 6.36. The molecule has 7 amide bonds. The maximum atomic E-state index is 14.2. The number of aryl methyl sites for hydroxylation is 1. The molecule has 95 heavy (non-hydrogen) atoms. The van der Waals surface area contributed by atoms with Gasteiger partial charge in [-0.05, 0) is 150 Å². The lowest BCUT2D eigenvalue weighted by Crippen LogP contribution is -2.61. The zero-order valence-electron chi connectivity index (χ0n) is 56.2. The SMILES string of the molecule is CCC(C)(C)C(=O)C(=O)N1CCCC[C@H]1C(=O)O[C@H](CCc1ccc(OC)c(OC)c1)c1cccc(OCCNC(=O)CCCOC(=O)Nc2cccc(C(=O)N[C@H](CC(N)=O)C(=O)N[C@H](Cc3ccccc3)[C@H](O)CN3C[C@H]4CCCC[C@H]4C[C@H]3C(=O)NC(C)(C)C)n2)c1. The van der Waals surface area contributed by atoms with Crippen LogP contribution in [0, 0.1) is 17.3 Å². The molecule has 24 nitrogen and oxygen atoms in total. The van der Waals surface area contributed by atoms with Crippen LogP contribution < -0.4 is 46.5 Å². The summed E-state index contributed by atoms with van der Waals surface area (Å²) in [5.74, 6) is -2.59. The van der Waals surface area contributed by atoms with Gasteiger partial charge in [0.05, 0.1) is 52.0 Å². The van der Waals surface area contributed by atoms with Crippen molar-refractivity contribution in [3.63, 3.8) is 0 Å². The highest BCUT2D eigenvalue weighted by Gasteiger charge is 2.44. The van der Waals surface area contributed by atoms with Gasteiger partial charge in [0.25, 0.3) is 11.8 Å². The largest absolute Gasteiger partial charge is 0.493 e. The zero-order chi connectivity index (χ0) is 68.8. The highest BCUT2D eigenvalue weighted by atomic mass is 16.6. The van der Waals surface area contributed by atoms with Crippen LogP contribution in [0.4, 0.5) is 10.6 Å². The fourth-order valence-electron chi connectivity index (χ4n) is 12.3. The zero-order valence-corrected chi connectivity index (χ0v) is 56.2. The number of β-amino-alcohol motifs (C(OH)–C–C–N with tert-alkyl or cyclic N) is 1. The first-order valence-corrected chi connectivity index (χ1v) is 33.2. The molecule has 1 aromatic heterocycles. The van der Waals surface area contributed by atoms with E-state index < -0.39 is 95.2 Å². The number of nitrogens with zero attached hydrogens (tertiary/aromatic N) is 3. The second-order valence-electron chi connectivity index (χ2n) is 26.6. The number of carbonyl (C=O) groups is 9. The van der Waals surface area contributed by atoms with E-state index >= 15 is 0 Å². The Labute approximate surface area is 557 Å². The molecule has 516 valence electrons. The van der Waals surface area contributed by atoms with Gasteiger partial charge >= 0.3 is 12.1 Å². The number of benzene rings is 3. The summed E-state index contributed by atoms with van der Waals surface area (Å²) < 4.78 is 28.6. The van der Waals surface area contributed by atoms with Crippen molar-refractivity contribution in [3.8, 4) is 17.2 Å². The van der Waals surface area contributed by atoms with E-state index in [1.807, 2.05) is 81.1 Å². The van der Waals surface area contributed by atoms with Gasteiger partial charge in [-0.25, -0.2) is 14.6 Å². The molecule has 1 saturated carbocycles. The molecule has 0 bridgehead atoms. The van der Waals surface area contributed by atoms with Gasteiger partial charge < -0.3 is 60.7 Å². The minimum atomic E-state index is -1.50. The number of likely N-dealkylation sites (tertiary alicyclic amines) is 2. The van der Waals surface area contributed by atoms with Crippen molar-refractivity contribution in [2.75, 3.05) is 58.9 Å². The molecule has 2 aliphatic heterocycles. The van der Waals surface area contributed by atoms with Crippen molar-refractivity contribution in [1.29, 1.82) is 0 Å². The number of fused-ring (bicyclic) bond motifs is 1. The van der Waals surface area contributed by atoms with Gasteiger partial charge in [-0.2, -0.15) is 0 Å². The number of carbonyl (C=O) groups excluding carboxylic acids is 9. The van der Waals surface area contributed by atoms with Gasteiger partial charge in [-0.1, -0.05) is 94.6 Å². The Morgan fingerprint density at radius 2 is 1.51 bits per heavy atom. The number of hydrogen-bond donors (Lipinski definition) is 7. The van der Waals surface area contributed by atoms with E-state index in [0.717, 1.165) is 36.8 Å². The molecule has 7 rings (SSSR count). The van der Waals surface area contributed by atoms with E-state index in [0.29, 0.717) is 86.1 Å². The molecule has 24 heteroatoms. The van der Waals surface area contributed by atoms with Crippen LogP contribution in [0.15, 0.2) is 91.0 Å². The van der Waals surface area contributed by atoms with E-state index in [9.17, 15) is 48.3 Å². The number of Topliss-reactive ketones (excluding diaryl/α,β-unsaturated/α-hetero) is 1. The molecule has 3 fully saturated rings. The standard InChI is InChI=1S/C71H97N9O15/c1-9-71(5,6)63(84)67(88)80-35-16-15-27-54(80)68(89)95-57(32-30-46-31-33-58(91-7)59(39-46)92-8)48-24-17-25-50(40-48)93-37-34-73-62(83)29-19-36-94-69(90)77-61-28-18-26-51(74-61)64(85)76-53(42-60(72)82)65(86)75-52(38-45-20-11-10-12-21-45)56(81)44-79-43-49-23-14-13-22-47(49)41-55(79)66(87)78-70(2,3)4/h10-12,17-18,20-21,24-26,28,31,33,39-40,47,49,52-57,81H,9,13-16,19,22-23,27,29-30,32,34-38,41-44H2,1-8H3,(H2,72,82)(H,73,83)(H,75,86)(H,76,85)(H,78,87)(H,74,77,90)/t47-,49+,52+,53+,54-,55-,56+,57+/m0/s1. The van der Waals surface area contributed by atoms with Gasteiger partial charge in [-0.3, -0.25) is 43.8 Å². The minimum absolute atomic E-state index is 0.000436. The number of esters is 1. The van der Waals surface area contributed by atoms with E-state index in [2.05, 4.69) is 31.6 Å². The summed E-state index contributed by atoms with van der Waals surface area (Å²) in [6.07, 6.45) is 4.78. The molecule has 3 heterocycles. The maximum Gasteiger partial charge on any atom is 0.412 e. The summed E-state index contributed by atoms with van der Waals surface area (Å²) in [7, 11) is 3.10. The number of ketones is 1. The van der Waals surface area contributed by atoms with Crippen molar-refractivity contribution in [2.45, 2.75) is 180 Å². The van der Waals surface area contributed by atoms with Crippen molar-refractivity contribution < 1.29 is 71.9 Å². The van der Waals surface area contributed by atoms with Crippen LogP contribution in [-0.4, -0.2) is 163 Å². The molecule has 4 aromatic rings. The number of hydrogen-bond acceptors (Lipinski definition) is 17. The van der Waals surface area contributed by atoms with Crippen LogP contribution in [0.25, 0.3) is 0 Å². The summed E-state index contributed by atoms with van der Waals surface area (Å²) in [5, 5.41) is 25.9. The molecule has 8 atom stereocenters. The van der Waals surface area contributed by atoms with Gasteiger partial charge in [-0.15, -0.1) is 0 Å². The fourth-order valence-corrected chi connectivity index (χ4v) is 12.3. The smallest absolute Gasteiger partial charge is 0.412 e. The van der Waals surface area contributed by atoms with Crippen molar-refractivity contribution in [3.05, 3.63) is 113 Å². The number of ether oxygens (including phenoxy) is 5. The van der Waals surface area contributed by atoms with Gasteiger partial charge in [0.2, 0.25) is 29.4 Å². The quantitative estimate of drug-likeness (QED) is 0.0146. The summed E-state index contributed by atoms with van der Waals surface area (Å²) in [4.78, 5) is 129. The highest BCUT2D eigenvalue weighted by Crippen LogP contribution is 2.39. The van der Waals surface area contributed by atoms with Gasteiger partial charge in [0.1, 0.15) is 42.1 Å². The van der Waals surface area contributed by atoms with Crippen molar-refractivity contribution in [1.82, 2.24) is 36.1 Å². The Hall–Kier alpha value is -8.64. The monoisotopic (exact) mass is 1320 g/mol. The topological polar surface area (TPSA) is 326 Å². The number of methoxy groups -OCH3 is 2. The lowest BCUT2D eigenvalue weighted by molar-refractivity contribution is -0.164. The summed E-state index contributed by atoms with van der Waals surface area (Å²) in [6.45, 7) is 12.1. The molecule has 3 aromatic carbocycles.